The molecule has 0 spiro atoms. The molecule has 1 unspecified atom stereocenters. The quantitative estimate of drug-likeness (QED) is 0.505. The SMILES string of the molecule is Cc1ccc(S(=O)(=O)N2CC(C(=O)NCc3ccccc3CN3CCCCC3)Oc3ccccc32)cc1. The fraction of sp³-hybridized carbons (Fsp3) is 0.345. The molecule has 1 fully saturated rings. The molecule has 0 radical (unpaired) electrons. The van der Waals surface area contributed by atoms with Crippen molar-refractivity contribution >= 4 is 21.6 Å². The van der Waals surface area contributed by atoms with Gasteiger partial charge in [0.15, 0.2) is 6.10 Å². The number of hydrogen-bond donors (Lipinski definition) is 1. The summed E-state index contributed by atoms with van der Waals surface area (Å²) < 4.78 is 34.4. The molecular formula is C29H33N3O4S. The Hall–Kier alpha value is -3.36. The second-order valence-electron chi connectivity index (χ2n) is 9.75. The zero-order valence-corrected chi connectivity index (χ0v) is 21.9. The Morgan fingerprint density at radius 1 is 0.919 bits per heavy atom. The third-order valence-corrected chi connectivity index (χ3v) is 8.84. The van der Waals surface area contributed by atoms with Crippen LogP contribution in [0.25, 0.3) is 0 Å². The highest BCUT2D eigenvalue weighted by atomic mass is 32.2. The van der Waals surface area contributed by atoms with E-state index in [1.54, 1.807) is 48.5 Å². The second-order valence-corrected chi connectivity index (χ2v) is 11.6. The second kappa shape index (κ2) is 10.9. The van der Waals surface area contributed by atoms with Gasteiger partial charge in [-0.1, -0.05) is 60.5 Å². The van der Waals surface area contributed by atoms with E-state index < -0.39 is 16.1 Å². The van der Waals surface area contributed by atoms with E-state index in [-0.39, 0.29) is 17.3 Å². The molecule has 3 aromatic carbocycles. The highest BCUT2D eigenvalue weighted by Crippen LogP contribution is 2.36. The van der Waals surface area contributed by atoms with Gasteiger partial charge in [-0.2, -0.15) is 0 Å². The van der Waals surface area contributed by atoms with Gasteiger partial charge in [-0.3, -0.25) is 14.0 Å². The summed E-state index contributed by atoms with van der Waals surface area (Å²) in [4.78, 5) is 15.9. The molecule has 2 heterocycles. The number of nitrogens with one attached hydrogen (secondary N) is 1. The first kappa shape index (κ1) is 25.3. The number of nitrogens with zero attached hydrogens (tertiary/aromatic N) is 2. The van der Waals surface area contributed by atoms with Crippen molar-refractivity contribution in [3.63, 3.8) is 0 Å². The van der Waals surface area contributed by atoms with Crippen LogP contribution in [0.4, 0.5) is 5.69 Å². The first-order valence-electron chi connectivity index (χ1n) is 12.8. The van der Waals surface area contributed by atoms with Crippen molar-refractivity contribution in [2.75, 3.05) is 23.9 Å². The third kappa shape index (κ3) is 5.65. The van der Waals surface area contributed by atoms with Gasteiger partial charge in [-0.05, 0) is 68.2 Å². The topological polar surface area (TPSA) is 79.0 Å². The first-order valence-corrected chi connectivity index (χ1v) is 14.3. The predicted molar refractivity (Wildman–Crippen MR) is 144 cm³/mol. The monoisotopic (exact) mass is 519 g/mol. The van der Waals surface area contributed by atoms with Gasteiger partial charge in [-0.15, -0.1) is 0 Å². The zero-order valence-electron chi connectivity index (χ0n) is 21.1. The van der Waals surface area contributed by atoms with Crippen LogP contribution in [-0.4, -0.2) is 45.0 Å². The number of aryl methyl sites for hydroxylation is 1. The molecule has 194 valence electrons. The van der Waals surface area contributed by atoms with E-state index in [4.69, 9.17) is 4.74 Å². The molecule has 5 rings (SSSR count). The van der Waals surface area contributed by atoms with Gasteiger partial charge in [-0.25, -0.2) is 8.42 Å². The number of amides is 1. The van der Waals surface area contributed by atoms with Crippen LogP contribution < -0.4 is 14.4 Å². The van der Waals surface area contributed by atoms with Gasteiger partial charge in [0.1, 0.15) is 5.75 Å². The lowest BCUT2D eigenvalue weighted by Gasteiger charge is -2.34. The summed E-state index contributed by atoms with van der Waals surface area (Å²) in [6.07, 6.45) is 2.77. The Morgan fingerprint density at radius 3 is 2.35 bits per heavy atom. The summed E-state index contributed by atoms with van der Waals surface area (Å²) in [6, 6.07) is 21.8. The van der Waals surface area contributed by atoms with Crippen LogP contribution in [0, 0.1) is 6.92 Å². The van der Waals surface area contributed by atoms with Crippen LogP contribution in [0.5, 0.6) is 5.75 Å². The summed E-state index contributed by atoms with van der Waals surface area (Å²) in [5.41, 5.74) is 3.66. The van der Waals surface area contributed by atoms with Crippen LogP contribution in [0.3, 0.4) is 0 Å². The highest BCUT2D eigenvalue weighted by molar-refractivity contribution is 7.92. The number of benzene rings is 3. The van der Waals surface area contributed by atoms with E-state index in [1.807, 2.05) is 25.1 Å². The number of carbonyl (C=O) groups is 1. The number of carbonyl (C=O) groups excluding carboxylic acids is 1. The molecule has 1 N–H and O–H groups in total. The van der Waals surface area contributed by atoms with E-state index >= 15 is 0 Å². The fourth-order valence-corrected chi connectivity index (χ4v) is 6.42. The lowest BCUT2D eigenvalue weighted by Crippen LogP contribution is -2.50. The van der Waals surface area contributed by atoms with Crippen LogP contribution in [0.2, 0.25) is 0 Å². The number of ether oxygens (including phenoxy) is 1. The average Bonchev–Trinajstić information content (AvgIpc) is 2.92. The maximum Gasteiger partial charge on any atom is 0.264 e. The van der Waals surface area contributed by atoms with Gasteiger partial charge in [0, 0.05) is 13.1 Å². The Balaban J connectivity index is 1.32. The number of likely N-dealkylation sites (tertiary alicyclic amines) is 1. The fourth-order valence-electron chi connectivity index (χ4n) is 4.94. The zero-order chi connectivity index (χ0) is 25.8. The van der Waals surface area contributed by atoms with Crippen molar-refractivity contribution in [1.82, 2.24) is 10.2 Å². The Morgan fingerprint density at radius 2 is 1.59 bits per heavy atom. The van der Waals surface area contributed by atoms with Crippen molar-refractivity contribution in [2.45, 2.75) is 50.3 Å². The lowest BCUT2D eigenvalue weighted by atomic mass is 10.0. The van der Waals surface area contributed by atoms with E-state index in [1.165, 1.54) is 29.1 Å². The van der Waals surface area contributed by atoms with E-state index in [9.17, 15) is 13.2 Å². The molecule has 2 aliphatic heterocycles. The Kier molecular flexibility index (Phi) is 7.48. The minimum absolute atomic E-state index is 0.103. The number of fused-ring (bicyclic) bond motifs is 1. The molecule has 1 saturated heterocycles. The molecule has 7 nitrogen and oxygen atoms in total. The molecule has 1 amide bonds. The van der Waals surface area contributed by atoms with E-state index in [2.05, 4.69) is 16.3 Å². The number of piperidine rings is 1. The van der Waals surface area contributed by atoms with Gasteiger partial charge in [0.05, 0.1) is 17.1 Å². The molecule has 3 aromatic rings. The maximum atomic E-state index is 13.6. The molecule has 1 atom stereocenters. The minimum atomic E-state index is -3.88. The predicted octanol–water partition coefficient (Wildman–Crippen LogP) is 4.25. The third-order valence-electron chi connectivity index (χ3n) is 7.05. The van der Waals surface area contributed by atoms with Crippen molar-refractivity contribution < 1.29 is 17.9 Å². The van der Waals surface area contributed by atoms with Gasteiger partial charge in [0.25, 0.3) is 15.9 Å². The highest BCUT2D eigenvalue weighted by Gasteiger charge is 2.37. The molecular weight excluding hydrogens is 486 g/mol. The maximum absolute atomic E-state index is 13.6. The number of para-hydroxylation sites is 2. The number of rotatable bonds is 7. The normalized spacial score (nSPS) is 18.1. The summed E-state index contributed by atoms with van der Waals surface area (Å²) in [5.74, 6) is 0.0291. The van der Waals surface area contributed by atoms with Crippen molar-refractivity contribution in [1.29, 1.82) is 0 Å². The van der Waals surface area contributed by atoms with Gasteiger partial charge < -0.3 is 10.1 Å². The van der Waals surface area contributed by atoms with Crippen LogP contribution in [-0.2, 0) is 27.9 Å². The van der Waals surface area contributed by atoms with E-state index in [0.29, 0.717) is 18.0 Å². The average molecular weight is 520 g/mol. The molecule has 0 aromatic heterocycles. The minimum Gasteiger partial charge on any atom is -0.476 e. The molecule has 0 saturated carbocycles. The standard InChI is InChI=1S/C29H33N3O4S/c1-22-13-15-25(16-14-22)37(34,35)32-21-28(36-27-12-6-5-11-26(27)32)29(33)30-19-23-9-3-4-10-24(23)20-31-17-7-2-8-18-31/h3-6,9-16,28H,2,7-8,17-21H2,1H3,(H,30,33). The van der Waals surface area contributed by atoms with Crippen molar-refractivity contribution in [3.05, 3.63) is 89.5 Å². The van der Waals surface area contributed by atoms with Crippen LogP contribution in [0.15, 0.2) is 77.7 Å². The Labute approximate surface area is 219 Å². The Bertz CT molecular complexity index is 1350. The molecule has 2 aliphatic rings. The molecule has 8 heteroatoms. The smallest absolute Gasteiger partial charge is 0.264 e. The van der Waals surface area contributed by atoms with Gasteiger partial charge in [0.2, 0.25) is 0 Å². The largest absolute Gasteiger partial charge is 0.476 e. The van der Waals surface area contributed by atoms with E-state index in [0.717, 1.165) is 30.8 Å². The number of hydrogen-bond acceptors (Lipinski definition) is 5. The van der Waals surface area contributed by atoms with Crippen LogP contribution in [0.1, 0.15) is 36.0 Å². The molecule has 0 aliphatic carbocycles. The van der Waals surface area contributed by atoms with Crippen molar-refractivity contribution in [3.8, 4) is 5.75 Å². The summed E-state index contributed by atoms with van der Waals surface area (Å²) >= 11 is 0. The van der Waals surface area contributed by atoms with Crippen molar-refractivity contribution in [2.24, 2.45) is 0 Å². The summed E-state index contributed by atoms with van der Waals surface area (Å²) in [5, 5.41) is 2.99. The summed E-state index contributed by atoms with van der Waals surface area (Å²) in [7, 11) is -3.88. The molecule has 0 bridgehead atoms. The molecule has 37 heavy (non-hydrogen) atoms. The summed E-state index contributed by atoms with van der Waals surface area (Å²) in [6.45, 7) is 5.22. The lowest BCUT2D eigenvalue weighted by molar-refractivity contribution is -0.127. The van der Waals surface area contributed by atoms with Crippen LogP contribution >= 0.6 is 0 Å². The first-order chi connectivity index (χ1) is 17.9. The number of sulfonamides is 1. The van der Waals surface area contributed by atoms with Gasteiger partial charge >= 0.3 is 0 Å². The number of anilines is 1.